The number of benzene rings is 1. The molecule has 1 amide bonds. The average molecular weight is 482 g/mol. The highest BCUT2D eigenvalue weighted by molar-refractivity contribution is 7.99. The third kappa shape index (κ3) is 4.79. The van der Waals surface area contributed by atoms with Gasteiger partial charge in [0.1, 0.15) is 5.82 Å². The molecule has 6 nitrogen and oxygen atoms in total. The molecule has 9 heteroatoms. The van der Waals surface area contributed by atoms with Gasteiger partial charge in [0.15, 0.2) is 10.3 Å². The second kappa shape index (κ2) is 9.17. The summed E-state index contributed by atoms with van der Waals surface area (Å²) in [4.78, 5) is 18.4. The maximum Gasteiger partial charge on any atom is 0.236 e. The lowest BCUT2D eigenvalue weighted by Gasteiger charge is -2.08. The standard InChI is InChI=1S/C23H23N5OS3/c1-14-5-6-16(10-15(14)2)19-12-31-22(24-19)25-21(29)13-32-23-27-26-20(28(23)17-7-8-17)11-18-4-3-9-30-18/h3-6,9-10,12,17H,7-8,11,13H2,1-2H3,(H,24,25,29). The molecule has 1 N–H and O–H groups in total. The third-order valence-electron chi connectivity index (χ3n) is 5.45. The van der Waals surface area contributed by atoms with Crippen molar-refractivity contribution in [3.63, 3.8) is 0 Å². The predicted octanol–water partition coefficient (Wildman–Crippen LogP) is 5.74. The van der Waals surface area contributed by atoms with Crippen molar-refractivity contribution in [2.24, 2.45) is 0 Å². The largest absolute Gasteiger partial charge is 0.303 e. The van der Waals surface area contributed by atoms with E-state index in [2.05, 4.69) is 74.6 Å². The lowest BCUT2D eigenvalue weighted by atomic mass is 10.1. The summed E-state index contributed by atoms with van der Waals surface area (Å²) < 4.78 is 2.22. The summed E-state index contributed by atoms with van der Waals surface area (Å²) in [6.45, 7) is 4.19. The lowest BCUT2D eigenvalue weighted by molar-refractivity contribution is -0.113. The normalized spacial score (nSPS) is 13.4. The molecule has 1 aliphatic carbocycles. The van der Waals surface area contributed by atoms with E-state index < -0.39 is 0 Å². The molecule has 0 atom stereocenters. The SMILES string of the molecule is Cc1ccc(-c2csc(NC(=O)CSc3nnc(Cc4cccs4)n3C3CC3)n2)cc1C. The summed E-state index contributed by atoms with van der Waals surface area (Å²) in [5.74, 6) is 1.18. The highest BCUT2D eigenvalue weighted by Gasteiger charge is 2.30. The molecule has 0 unspecified atom stereocenters. The number of hydrogen-bond acceptors (Lipinski definition) is 7. The van der Waals surface area contributed by atoms with Crippen LogP contribution >= 0.6 is 34.4 Å². The van der Waals surface area contributed by atoms with Crippen LogP contribution in [0.2, 0.25) is 0 Å². The van der Waals surface area contributed by atoms with Crippen LogP contribution in [-0.4, -0.2) is 31.4 Å². The Hall–Kier alpha value is -2.49. The molecule has 0 radical (unpaired) electrons. The summed E-state index contributed by atoms with van der Waals surface area (Å²) in [7, 11) is 0. The first-order valence-corrected chi connectivity index (χ1v) is 13.2. The minimum Gasteiger partial charge on any atom is -0.303 e. The molecular formula is C23H23N5OS3. The molecule has 0 spiro atoms. The lowest BCUT2D eigenvalue weighted by Crippen LogP contribution is -2.14. The van der Waals surface area contributed by atoms with Crippen LogP contribution < -0.4 is 5.32 Å². The van der Waals surface area contributed by atoms with Crippen LogP contribution in [0.25, 0.3) is 11.3 Å². The van der Waals surface area contributed by atoms with Gasteiger partial charge >= 0.3 is 0 Å². The number of thiazole rings is 1. The Morgan fingerprint density at radius 2 is 2.06 bits per heavy atom. The average Bonchev–Trinajstić information content (AvgIpc) is 3.16. The minimum atomic E-state index is -0.0823. The van der Waals surface area contributed by atoms with Crippen LogP contribution in [-0.2, 0) is 11.2 Å². The van der Waals surface area contributed by atoms with Crippen molar-refractivity contribution in [2.45, 2.75) is 44.3 Å². The quantitative estimate of drug-likeness (QED) is 0.325. The Morgan fingerprint density at radius 1 is 1.19 bits per heavy atom. The minimum absolute atomic E-state index is 0.0823. The number of anilines is 1. The molecule has 1 fully saturated rings. The molecule has 1 saturated carbocycles. The fraction of sp³-hybridized carbons (Fsp3) is 0.304. The number of nitrogens with one attached hydrogen (secondary N) is 1. The van der Waals surface area contributed by atoms with Gasteiger partial charge in [0.25, 0.3) is 0 Å². The van der Waals surface area contributed by atoms with Crippen molar-refractivity contribution >= 4 is 45.5 Å². The highest BCUT2D eigenvalue weighted by Crippen LogP contribution is 2.39. The monoisotopic (exact) mass is 481 g/mol. The van der Waals surface area contributed by atoms with E-state index in [1.807, 2.05) is 5.38 Å². The number of aromatic nitrogens is 4. The number of carbonyl (C=O) groups excluding carboxylic acids is 1. The van der Waals surface area contributed by atoms with Gasteiger partial charge in [-0.3, -0.25) is 4.79 Å². The van der Waals surface area contributed by atoms with Gasteiger partial charge in [-0.15, -0.1) is 32.9 Å². The van der Waals surface area contributed by atoms with Crippen molar-refractivity contribution in [3.8, 4) is 11.3 Å². The number of amides is 1. The van der Waals surface area contributed by atoms with Gasteiger partial charge in [-0.05, 0) is 55.3 Å². The molecule has 32 heavy (non-hydrogen) atoms. The van der Waals surface area contributed by atoms with Gasteiger partial charge in [-0.1, -0.05) is 30.0 Å². The second-order valence-electron chi connectivity index (χ2n) is 7.93. The van der Waals surface area contributed by atoms with Gasteiger partial charge in [0.05, 0.1) is 11.4 Å². The fourth-order valence-corrected chi connectivity index (χ4v) is 5.71. The van der Waals surface area contributed by atoms with Crippen LogP contribution in [0.4, 0.5) is 5.13 Å². The van der Waals surface area contributed by atoms with Crippen molar-refractivity contribution in [3.05, 3.63) is 62.9 Å². The van der Waals surface area contributed by atoms with E-state index in [4.69, 9.17) is 0 Å². The second-order valence-corrected chi connectivity index (χ2v) is 10.8. The van der Waals surface area contributed by atoms with Crippen LogP contribution in [0.5, 0.6) is 0 Å². The molecule has 3 aromatic heterocycles. The molecule has 0 bridgehead atoms. The molecule has 4 aromatic rings. The van der Waals surface area contributed by atoms with Crippen molar-refractivity contribution in [1.82, 2.24) is 19.7 Å². The molecular weight excluding hydrogens is 458 g/mol. The molecule has 1 aliphatic rings. The van der Waals surface area contributed by atoms with Crippen LogP contribution in [0, 0.1) is 13.8 Å². The summed E-state index contributed by atoms with van der Waals surface area (Å²) in [5, 5.41) is 17.2. The van der Waals surface area contributed by atoms with E-state index >= 15 is 0 Å². The Balaban J connectivity index is 1.22. The maximum absolute atomic E-state index is 12.6. The molecule has 0 saturated heterocycles. The van der Waals surface area contributed by atoms with Gasteiger partial charge in [0.2, 0.25) is 5.91 Å². The van der Waals surface area contributed by atoms with Crippen molar-refractivity contribution in [2.75, 3.05) is 11.1 Å². The zero-order valence-electron chi connectivity index (χ0n) is 17.9. The van der Waals surface area contributed by atoms with E-state index in [0.29, 0.717) is 11.2 Å². The fourth-order valence-electron chi connectivity index (χ4n) is 3.44. The van der Waals surface area contributed by atoms with E-state index in [-0.39, 0.29) is 11.7 Å². The molecule has 3 heterocycles. The van der Waals surface area contributed by atoms with Gasteiger partial charge < -0.3 is 9.88 Å². The summed E-state index contributed by atoms with van der Waals surface area (Å²) in [6, 6.07) is 10.9. The molecule has 164 valence electrons. The van der Waals surface area contributed by atoms with Gasteiger partial charge in [-0.25, -0.2) is 4.98 Å². The van der Waals surface area contributed by atoms with E-state index in [9.17, 15) is 4.79 Å². The smallest absolute Gasteiger partial charge is 0.236 e. The number of nitrogens with zero attached hydrogens (tertiary/aromatic N) is 4. The predicted molar refractivity (Wildman–Crippen MR) is 132 cm³/mol. The van der Waals surface area contributed by atoms with Crippen LogP contribution in [0.1, 0.15) is 40.7 Å². The highest BCUT2D eigenvalue weighted by atomic mass is 32.2. The number of thiophene rings is 1. The number of hydrogen-bond donors (Lipinski definition) is 1. The number of rotatable bonds is 8. The Morgan fingerprint density at radius 3 is 2.81 bits per heavy atom. The van der Waals surface area contributed by atoms with Gasteiger partial charge in [0, 0.05) is 28.3 Å². The summed E-state index contributed by atoms with van der Waals surface area (Å²) >= 11 is 4.62. The molecule has 5 rings (SSSR count). The van der Waals surface area contributed by atoms with E-state index in [0.717, 1.165) is 41.5 Å². The summed E-state index contributed by atoms with van der Waals surface area (Å²) in [6.07, 6.45) is 3.08. The first-order chi connectivity index (χ1) is 15.6. The zero-order chi connectivity index (χ0) is 22.1. The topological polar surface area (TPSA) is 72.7 Å². The van der Waals surface area contributed by atoms with Gasteiger partial charge in [-0.2, -0.15) is 0 Å². The summed E-state index contributed by atoms with van der Waals surface area (Å²) in [5.41, 5.74) is 4.44. The third-order valence-corrected chi connectivity index (χ3v) is 8.02. The van der Waals surface area contributed by atoms with E-state index in [1.54, 1.807) is 11.3 Å². The number of thioether (sulfide) groups is 1. The Kier molecular flexibility index (Phi) is 6.12. The van der Waals surface area contributed by atoms with Crippen molar-refractivity contribution in [1.29, 1.82) is 0 Å². The first kappa shape index (κ1) is 21.4. The zero-order valence-corrected chi connectivity index (χ0v) is 20.3. The number of carbonyl (C=O) groups is 1. The van der Waals surface area contributed by atoms with E-state index in [1.165, 1.54) is 39.1 Å². The maximum atomic E-state index is 12.6. The van der Waals surface area contributed by atoms with Crippen LogP contribution in [0.15, 0.2) is 46.2 Å². The Bertz CT molecular complexity index is 1240. The molecule has 0 aliphatic heterocycles. The Labute approximate surface area is 199 Å². The number of aryl methyl sites for hydroxylation is 2. The molecule has 1 aromatic carbocycles. The first-order valence-electron chi connectivity index (χ1n) is 10.5. The van der Waals surface area contributed by atoms with Crippen LogP contribution in [0.3, 0.4) is 0 Å². The van der Waals surface area contributed by atoms with Crippen molar-refractivity contribution < 1.29 is 4.79 Å².